The predicted molar refractivity (Wildman–Crippen MR) is 75.3 cm³/mol. The SMILES string of the molecule is CCOC(OCC)O[SiH2]C(F)(F)N(F)C(=O)c1cccc(F)c1F. The Labute approximate surface area is 137 Å². The van der Waals surface area contributed by atoms with E-state index in [-0.39, 0.29) is 13.2 Å². The van der Waals surface area contributed by atoms with Crippen molar-refractivity contribution in [2.45, 2.75) is 26.0 Å². The molecule has 1 aromatic carbocycles. The number of carbonyl (C=O) groups is 1. The fourth-order valence-electron chi connectivity index (χ4n) is 1.56. The van der Waals surface area contributed by atoms with Crippen LogP contribution in [0.4, 0.5) is 22.0 Å². The average Bonchev–Trinajstić information content (AvgIpc) is 2.54. The van der Waals surface area contributed by atoms with Crippen LogP contribution >= 0.6 is 0 Å². The van der Waals surface area contributed by atoms with Gasteiger partial charge in [-0.2, -0.15) is 8.78 Å². The molecule has 0 spiro atoms. The Bertz CT molecular complexity index is 557. The summed E-state index contributed by atoms with van der Waals surface area (Å²) < 4.78 is 82.1. The van der Waals surface area contributed by atoms with Crippen LogP contribution in [-0.4, -0.2) is 46.2 Å². The lowest BCUT2D eigenvalue weighted by Crippen LogP contribution is -2.47. The van der Waals surface area contributed by atoms with E-state index in [0.717, 1.165) is 6.07 Å². The molecule has 24 heavy (non-hydrogen) atoms. The first-order valence-electron chi connectivity index (χ1n) is 6.91. The van der Waals surface area contributed by atoms with Crippen molar-refractivity contribution in [2.75, 3.05) is 13.2 Å². The molecule has 0 bridgehead atoms. The van der Waals surface area contributed by atoms with Crippen molar-refractivity contribution in [3.05, 3.63) is 35.4 Å². The summed E-state index contributed by atoms with van der Waals surface area (Å²) in [6.45, 7) is 1.89. The van der Waals surface area contributed by atoms with E-state index in [2.05, 4.69) is 0 Å². The summed E-state index contributed by atoms with van der Waals surface area (Å²) in [5, 5.41) is -1.47. The number of ether oxygens (including phenoxy) is 2. The minimum absolute atomic E-state index is 0.0947. The fraction of sp³-hybridized carbons (Fsp3) is 0.462. The topological polar surface area (TPSA) is 48.0 Å². The van der Waals surface area contributed by atoms with Crippen molar-refractivity contribution in [3.63, 3.8) is 0 Å². The summed E-state index contributed by atoms with van der Waals surface area (Å²) in [5.41, 5.74) is -5.47. The molecule has 0 aliphatic heterocycles. The largest absolute Gasteiger partial charge is 0.369 e. The highest BCUT2D eigenvalue weighted by molar-refractivity contribution is 6.31. The van der Waals surface area contributed by atoms with Crippen LogP contribution in [0.1, 0.15) is 24.2 Å². The van der Waals surface area contributed by atoms with Gasteiger partial charge < -0.3 is 13.9 Å². The molecule has 0 unspecified atom stereocenters. The number of amides is 1. The minimum atomic E-state index is -4.32. The fourth-order valence-corrected chi connectivity index (χ4v) is 2.35. The van der Waals surface area contributed by atoms with E-state index in [0.29, 0.717) is 12.1 Å². The van der Waals surface area contributed by atoms with Gasteiger partial charge >= 0.3 is 5.67 Å². The van der Waals surface area contributed by atoms with Crippen LogP contribution in [0.5, 0.6) is 0 Å². The highest BCUT2D eigenvalue weighted by atomic mass is 28.2. The summed E-state index contributed by atoms with van der Waals surface area (Å²) in [5.74, 6) is -5.19. The van der Waals surface area contributed by atoms with Crippen molar-refractivity contribution in [1.29, 1.82) is 0 Å². The zero-order valence-electron chi connectivity index (χ0n) is 12.9. The van der Waals surface area contributed by atoms with E-state index >= 15 is 0 Å². The molecule has 11 heteroatoms. The number of hydrogen-bond acceptors (Lipinski definition) is 4. The van der Waals surface area contributed by atoms with E-state index in [1.165, 1.54) is 0 Å². The van der Waals surface area contributed by atoms with Crippen LogP contribution in [0, 0.1) is 11.6 Å². The molecule has 5 nitrogen and oxygen atoms in total. The van der Waals surface area contributed by atoms with Crippen LogP contribution in [-0.2, 0) is 13.9 Å². The monoisotopic (exact) mass is 373 g/mol. The van der Waals surface area contributed by atoms with Crippen LogP contribution in [0.2, 0.25) is 0 Å². The molecule has 0 N–H and O–H groups in total. The molecule has 0 fully saturated rings. The standard InChI is InChI=1S/C13H16F5NO4Si/c1-3-21-12(22-4-2)23-24-13(16,17)19(18)11(20)8-6-5-7-9(14)10(8)15/h5-7,12H,3-4,24H2,1-2H3. The van der Waals surface area contributed by atoms with E-state index < -0.39 is 50.1 Å². The van der Waals surface area contributed by atoms with Crippen LogP contribution in [0.15, 0.2) is 18.2 Å². The maximum absolute atomic E-state index is 13.8. The zero-order chi connectivity index (χ0) is 18.3. The predicted octanol–water partition coefficient (Wildman–Crippen LogP) is 2.30. The molecule has 0 saturated heterocycles. The number of rotatable bonds is 9. The van der Waals surface area contributed by atoms with Crippen molar-refractivity contribution >= 4 is 15.7 Å². The van der Waals surface area contributed by atoms with Crippen LogP contribution < -0.4 is 0 Å². The molecule has 1 rings (SSSR count). The lowest BCUT2D eigenvalue weighted by atomic mass is 10.2. The molecule has 0 aliphatic carbocycles. The first-order chi connectivity index (χ1) is 11.2. The highest BCUT2D eigenvalue weighted by Gasteiger charge is 2.44. The zero-order valence-corrected chi connectivity index (χ0v) is 14.3. The third-order valence-corrected chi connectivity index (χ3v) is 3.71. The number of hydrogen-bond donors (Lipinski definition) is 0. The van der Waals surface area contributed by atoms with E-state index in [1.807, 2.05) is 0 Å². The lowest BCUT2D eigenvalue weighted by Gasteiger charge is -2.25. The van der Waals surface area contributed by atoms with Gasteiger partial charge in [-0.05, 0) is 26.0 Å². The van der Waals surface area contributed by atoms with Gasteiger partial charge in [0.05, 0.1) is 5.56 Å². The third kappa shape index (κ3) is 5.23. The van der Waals surface area contributed by atoms with E-state index in [1.54, 1.807) is 13.8 Å². The third-order valence-electron chi connectivity index (χ3n) is 2.65. The molecule has 0 saturated carbocycles. The number of halogens is 5. The van der Waals surface area contributed by atoms with Crippen molar-refractivity contribution in [3.8, 4) is 0 Å². The number of carbonyl (C=O) groups excluding carboxylic acids is 1. The number of alkyl halides is 2. The molecular weight excluding hydrogens is 357 g/mol. The van der Waals surface area contributed by atoms with Gasteiger partial charge in [0.2, 0.25) is 0 Å². The molecule has 0 atom stereocenters. The minimum Gasteiger partial charge on any atom is -0.369 e. The summed E-state index contributed by atoms with van der Waals surface area (Å²) in [7, 11) is -3.04. The van der Waals surface area contributed by atoms with E-state index in [9.17, 15) is 26.8 Å². The maximum atomic E-state index is 13.8. The Hall–Kier alpha value is -1.56. The first-order valence-corrected chi connectivity index (χ1v) is 8.20. The summed E-state index contributed by atoms with van der Waals surface area (Å²) >= 11 is 0. The molecule has 0 aromatic heterocycles. The Kier molecular flexibility index (Phi) is 7.73. The molecule has 0 heterocycles. The number of benzene rings is 1. The lowest BCUT2D eigenvalue weighted by molar-refractivity contribution is -0.252. The second kappa shape index (κ2) is 9.06. The normalized spacial score (nSPS) is 12.3. The molecular formula is C13H16F5NO4Si. The molecule has 0 aliphatic rings. The smallest absolute Gasteiger partial charge is 0.349 e. The number of nitrogens with zero attached hydrogens (tertiary/aromatic N) is 1. The quantitative estimate of drug-likeness (QED) is 0.219. The molecule has 0 radical (unpaired) electrons. The maximum Gasteiger partial charge on any atom is 0.349 e. The molecule has 1 aromatic rings. The van der Waals surface area contributed by atoms with Crippen LogP contribution in [0.25, 0.3) is 0 Å². The summed E-state index contributed by atoms with van der Waals surface area (Å²) in [6, 6.07) is 2.25. The van der Waals surface area contributed by atoms with Gasteiger partial charge in [0.25, 0.3) is 22.1 Å². The summed E-state index contributed by atoms with van der Waals surface area (Å²) in [4.78, 5) is 11.6. The van der Waals surface area contributed by atoms with Crippen molar-refractivity contribution < 1.29 is 40.7 Å². The van der Waals surface area contributed by atoms with Crippen molar-refractivity contribution in [1.82, 2.24) is 5.12 Å². The Morgan fingerprint density at radius 2 is 1.83 bits per heavy atom. The average molecular weight is 373 g/mol. The van der Waals surface area contributed by atoms with Gasteiger partial charge in [0.1, 0.15) is 0 Å². The second-order valence-electron chi connectivity index (χ2n) is 4.36. The van der Waals surface area contributed by atoms with Gasteiger partial charge in [0.15, 0.2) is 11.6 Å². The first kappa shape index (κ1) is 20.5. The highest BCUT2D eigenvalue weighted by Crippen LogP contribution is 2.24. The van der Waals surface area contributed by atoms with Gasteiger partial charge in [-0.25, -0.2) is 8.78 Å². The Morgan fingerprint density at radius 1 is 1.25 bits per heavy atom. The van der Waals surface area contributed by atoms with Crippen LogP contribution in [0.3, 0.4) is 0 Å². The second-order valence-corrected chi connectivity index (χ2v) is 5.84. The molecule has 136 valence electrons. The molecule has 1 amide bonds. The van der Waals surface area contributed by atoms with Gasteiger partial charge in [-0.1, -0.05) is 10.5 Å². The van der Waals surface area contributed by atoms with Gasteiger partial charge in [0, 0.05) is 13.2 Å². The van der Waals surface area contributed by atoms with E-state index in [4.69, 9.17) is 13.9 Å². The van der Waals surface area contributed by atoms with Crippen molar-refractivity contribution in [2.24, 2.45) is 0 Å². The van der Waals surface area contributed by atoms with Gasteiger partial charge in [-0.15, -0.1) is 5.12 Å². The van der Waals surface area contributed by atoms with Gasteiger partial charge in [-0.3, -0.25) is 4.79 Å². The Balaban J connectivity index is 2.81. The summed E-state index contributed by atoms with van der Waals surface area (Å²) in [6.07, 6.45) is 0. The Morgan fingerprint density at radius 3 is 2.38 bits per heavy atom.